The average molecular weight is 301 g/mol. The second-order valence-electron chi connectivity index (χ2n) is 5.36. The van der Waals surface area contributed by atoms with Gasteiger partial charge >= 0.3 is 6.03 Å². The van der Waals surface area contributed by atoms with Crippen molar-refractivity contribution in [2.24, 2.45) is 0 Å². The van der Waals surface area contributed by atoms with Gasteiger partial charge in [0, 0.05) is 0 Å². The molecule has 0 fully saturated rings. The minimum Gasteiger partial charge on any atom is -0.383 e. The van der Waals surface area contributed by atoms with Gasteiger partial charge in [0.25, 0.3) is 0 Å². The van der Waals surface area contributed by atoms with Crippen LogP contribution in [0, 0.1) is 5.82 Å². The molecule has 1 aliphatic rings. The summed E-state index contributed by atoms with van der Waals surface area (Å²) in [5.74, 6) is -0.222. The fraction of sp³-hybridized carbons (Fsp3) is 0.250. The van der Waals surface area contributed by atoms with Crippen LogP contribution in [0.3, 0.4) is 0 Å². The van der Waals surface area contributed by atoms with Crippen molar-refractivity contribution in [1.82, 2.24) is 10.3 Å². The molecule has 3 rings (SSSR count). The summed E-state index contributed by atoms with van der Waals surface area (Å²) in [6, 6.07) is 9.76. The number of carbonyl (C=O) groups excluding carboxylic acids is 1. The van der Waals surface area contributed by atoms with Crippen molar-refractivity contribution in [3.63, 3.8) is 0 Å². The molecular weight excluding hydrogens is 285 g/mol. The summed E-state index contributed by atoms with van der Waals surface area (Å²) in [5.41, 5.74) is 0.909. The first-order valence-electron chi connectivity index (χ1n) is 7.04. The van der Waals surface area contributed by atoms with Crippen LogP contribution in [-0.4, -0.2) is 22.7 Å². The number of aromatic nitrogens is 1. The molecule has 0 spiro atoms. The summed E-state index contributed by atoms with van der Waals surface area (Å²) in [6.07, 6.45) is 2.38. The number of nitrogens with one attached hydrogen (secondary N) is 2. The quantitative estimate of drug-likeness (QED) is 0.813. The fourth-order valence-electron chi connectivity index (χ4n) is 2.69. The Morgan fingerprint density at radius 2 is 2.14 bits per heavy atom. The van der Waals surface area contributed by atoms with Gasteiger partial charge in [-0.05, 0) is 36.1 Å². The van der Waals surface area contributed by atoms with Crippen molar-refractivity contribution >= 4 is 11.8 Å². The number of benzene rings is 1. The van der Waals surface area contributed by atoms with Gasteiger partial charge in [-0.3, -0.25) is 5.32 Å². The molecule has 22 heavy (non-hydrogen) atoms. The first kappa shape index (κ1) is 14.5. The Morgan fingerprint density at radius 1 is 1.32 bits per heavy atom. The number of aryl methyl sites for hydroxylation is 1. The molecule has 1 aromatic heterocycles. The van der Waals surface area contributed by atoms with Crippen LogP contribution in [0.5, 0.6) is 0 Å². The van der Waals surface area contributed by atoms with E-state index in [1.54, 1.807) is 0 Å². The molecule has 1 aliphatic carbocycles. The van der Waals surface area contributed by atoms with E-state index < -0.39 is 17.4 Å². The van der Waals surface area contributed by atoms with Crippen molar-refractivity contribution in [2.75, 3.05) is 11.9 Å². The topological polar surface area (TPSA) is 74.2 Å². The number of carbonyl (C=O) groups is 1. The summed E-state index contributed by atoms with van der Waals surface area (Å²) in [7, 11) is 0. The van der Waals surface area contributed by atoms with Crippen molar-refractivity contribution in [3.05, 3.63) is 59.5 Å². The predicted molar refractivity (Wildman–Crippen MR) is 79.9 cm³/mol. The van der Waals surface area contributed by atoms with E-state index >= 15 is 0 Å². The third kappa shape index (κ3) is 2.92. The molecule has 1 unspecified atom stereocenters. The zero-order chi connectivity index (χ0) is 15.6. The Bertz CT molecular complexity index is 690. The van der Waals surface area contributed by atoms with Crippen LogP contribution in [0.15, 0.2) is 42.6 Å². The minimum absolute atomic E-state index is 0.108. The van der Waals surface area contributed by atoms with E-state index in [2.05, 4.69) is 15.6 Å². The van der Waals surface area contributed by atoms with Crippen LogP contribution in [0.4, 0.5) is 15.0 Å². The zero-order valence-corrected chi connectivity index (χ0v) is 11.8. The van der Waals surface area contributed by atoms with Crippen LogP contribution >= 0.6 is 0 Å². The Morgan fingerprint density at radius 3 is 2.91 bits per heavy atom. The highest BCUT2D eigenvalue weighted by Gasteiger charge is 2.36. The van der Waals surface area contributed by atoms with Gasteiger partial charge in [0.2, 0.25) is 0 Å². The number of fused-ring (bicyclic) bond motifs is 1. The van der Waals surface area contributed by atoms with E-state index in [9.17, 15) is 14.3 Å². The third-order valence-corrected chi connectivity index (χ3v) is 3.84. The van der Waals surface area contributed by atoms with Gasteiger partial charge in [-0.25, -0.2) is 14.2 Å². The standard InChI is InChI=1S/C16H16FN3O2/c17-12-5-6-14(18-9-12)20-15(21)19-10-16(22)8-7-11-3-1-2-4-13(11)16/h1-6,9,22H,7-8,10H2,(H2,18,19,20,21). The highest BCUT2D eigenvalue weighted by Crippen LogP contribution is 2.36. The summed E-state index contributed by atoms with van der Waals surface area (Å²) in [4.78, 5) is 15.6. The number of pyridine rings is 1. The number of urea groups is 1. The second kappa shape index (κ2) is 5.73. The van der Waals surface area contributed by atoms with Crippen LogP contribution in [0.25, 0.3) is 0 Å². The van der Waals surface area contributed by atoms with Crippen LogP contribution < -0.4 is 10.6 Å². The number of hydrogen-bond acceptors (Lipinski definition) is 3. The molecular formula is C16H16FN3O2. The SMILES string of the molecule is O=C(NCC1(O)CCc2ccccc21)Nc1ccc(F)cn1. The molecule has 2 amide bonds. The van der Waals surface area contributed by atoms with Gasteiger partial charge in [0.1, 0.15) is 17.2 Å². The monoisotopic (exact) mass is 301 g/mol. The lowest BCUT2D eigenvalue weighted by atomic mass is 9.96. The van der Waals surface area contributed by atoms with Crippen LogP contribution in [-0.2, 0) is 12.0 Å². The van der Waals surface area contributed by atoms with Crippen molar-refractivity contribution in [3.8, 4) is 0 Å². The molecule has 2 aromatic rings. The number of amides is 2. The number of nitrogens with zero attached hydrogens (tertiary/aromatic N) is 1. The Hall–Kier alpha value is -2.47. The smallest absolute Gasteiger partial charge is 0.320 e. The third-order valence-electron chi connectivity index (χ3n) is 3.84. The molecule has 1 atom stereocenters. The van der Waals surface area contributed by atoms with Gasteiger partial charge < -0.3 is 10.4 Å². The Kier molecular flexibility index (Phi) is 3.77. The van der Waals surface area contributed by atoms with Crippen molar-refractivity contribution in [1.29, 1.82) is 0 Å². The van der Waals surface area contributed by atoms with Crippen molar-refractivity contribution in [2.45, 2.75) is 18.4 Å². The summed E-state index contributed by atoms with van der Waals surface area (Å²) in [5, 5.41) is 15.8. The molecule has 5 nitrogen and oxygen atoms in total. The van der Waals surface area contributed by atoms with Gasteiger partial charge in [-0.1, -0.05) is 24.3 Å². The molecule has 0 bridgehead atoms. The second-order valence-corrected chi connectivity index (χ2v) is 5.36. The normalized spacial score (nSPS) is 19.5. The summed E-state index contributed by atoms with van der Waals surface area (Å²) in [6.45, 7) is 0.108. The first-order chi connectivity index (χ1) is 10.6. The number of anilines is 1. The van der Waals surface area contributed by atoms with E-state index in [-0.39, 0.29) is 12.4 Å². The van der Waals surface area contributed by atoms with E-state index in [1.165, 1.54) is 12.1 Å². The lowest BCUT2D eigenvalue weighted by Gasteiger charge is -2.24. The molecule has 3 N–H and O–H groups in total. The molecule has 0 radical (unpaired) electrons. The van der Waals surface area contributed by atoms with E-state index in [0.717, 1.165) is 23.7 Å². The van der Waals surface area contributed by atoms with Crippen LogP contribution in [0.1, 0.15) is 17.5 Å². The van der Waals surface area contributed by atoms with Gasteiger partial charge in [0.15, 0.2) is 0 Å². The molecule has 0 saturated carbocycles. The molecule has 1 heterocycles. The number of rotatable bonds is 3. The average Bonchev–Trinajstić information content (AvgIpc) is 2.86. The van der Waals surface area contributed by atoms with E-state index in [4.69, 9.17) is 0 Å². The van der Waals surface area contributed by atoms with Gasteiger partial charge in [0.05, 0.1) is 12.7 Å². The van der Waals surface area contributed by atoms with E-state index in [0.29, 0.717) is 6.42 Å². The molecule has 0 aliphatic heterocycles. The molecule has 6 heteroatoms. The summed E-state index contributed by atoms with van der Waals surface area (Å²) >= 11 is 0. The number of hydrogen-bond donors (Lipinski definition) is 3. The highest BCUT2D eigenvalue weighted by atomic mass is 19.1. The fourth-order valence-corrected chi connectivity index (χ4v) is 2.69. The van der Waals surface area contributed by atoms with Crippen LogP contribution in [0.2, 0.25) is 0 Å². The number of halogens is 1. The zero-order valence-electron chi connectivity index (χ0n) is 11.8. The van der Waals surface area contributed by atoms with Gasteiger partial charge in [-0.15, -0.1) is 0 Å². The largest absolute Gasteiger partial charge is 0.383 e. The maximum absolute atomic E-state index is 12.7. The van der Waals surface area contributed by atoms with Crippen molar-refractivity contribution < 1.29 is 14.3 Å². The minimum atomic E-state index is -1.05. The molecule has 1 aromatic carbocycles. The maximum Gasteiger partial charge on any atom is 0.320 e. The first-order valence-corrected chi connectivity index (χ1v) is 7.04. The maximum atomic E-state index is 12.7. The molecule has 114 valence electrons. The number of aliphatic hydroxyl groups is 1. The Labute approximate surface area is 127 Å². The Balaban J connectivity index is 1.61. The highest BCUT2D eigenvalue weighted by molar-refractivity contribution is 5.88. The van der Waals surface area contributed by atoms with Gasteiger partial charge in [-0.2, -0.15) is 0 Å². The molecule has 0 saturated heterocycles. The van der Waals surface area contributed by atoms with E-state index in [1.807, 2.05) is 24.3 Å². The summed E-state index contributed by atoms with van der Waals surface area (Å²) < 4.78 is 12.7. The lowest BCUT2D eigenvalue weighted by Crippen LogP contribution is -2.41. The lowest BCUT2D eigenvalue weighted by molar-refractivity contribution is 0.0417. The predicted octanol–water partition coefficient (Wildman–Crippen LogP) is 2.18.